The van der Waals surface area contributed by atoms with Crippen molar-refractivity contribution >= 4 is 23.5 Å². The van der Waals surface area contributed by atoms with Gasteiger partial charge in [0.15, 0.2) is 6.61 Å². The number of methoxy groups -OCH3 is 1. The van der Waals surface area contributed by atoms with Gasteiger partial charge in [0.05, 0.1) is 18.1 Å². The molecule has 0 atom stereocenters. The molecule has 0 unspecified atom stereocenters. The lowest BCUT2D eigenvalue weighted by atomic mass is 9.80. The van der Waals surface area contributed by atoms with Gasteiger partial charge in [0, 0.05) is 12.1 Å². The van der Waals surface area contributed by atoms with Gasteiger partial charge in [0.25, 0.3) is 5.91 Å². The number of nitrogens with one attached hydrogen (secondary N) is 1. The van der Waals surface area contributed by atoms with Crippen molar-refractivity contribution in [2.75, 3.05) is 13.7 Å². The molecule has 0 aliphatic heterocycles. The Morgan fingerprint density at radius 1 is 1.43 bits per heavy atom. The summed E-state index contributed by atoms with van der Waals surface area (Å²) in [5, 5.41) is 2.73. The van der Waals surface area contributed by atoms with E-state index in [4.69, 9.17) is 16.3 Å². The molecule has 0 radical (unpaired) electrons. The highest BCUT2D eigenvalue weighted by Gasteiger charge is 2.36. The van der Waals surface area contributed by atoms with Crippen LogP contribution in [0.1, 0.15) is 12.8 Å². The van der Waals surface area contributed by atoms with Crippen LogP contribution in [-0.2, 0) is 14.3 Å². The summed E-state index contributed by atoms with van der Waals surface area (Å²) in [6, 6.07) is 3.91. The molecule has 1 amide bonds. The van der Waals surface area contributed by atoms with Crippen molar-refractivity contribution in [1.29, 1.82) is 0 Å². The molecule has 21 heavy (non-hydrogen) atoms. The van der Waals surface area contributed by atoms with Crippen LogP contribution in [-0.4, -0.2) is 31.6 Å². The molecule has 114 valence electrons. The fourth-order valence-corrected chi connectivity index (χ4v) is 2.20. The summed E-state index contributed by atoms with van der Waals surface area (Å²) >= 11 is 5.54. The van der Waals surface area contributed by atoms with Crippen molar-refractivity contribution in [1.82, 2.24) is 5.32 Å². The Hall–Kier alpha value is -1.82. The van der Waals surface area contributed by atoms with Crippen LogP contribution in [0.5, 0.6) is 5.75 Å². The molecule has 1 saturated carbocycles. The van der Waals surface area contributed by atoms with Crippen LogP contribution in [0.2, 0.25) is 5.02 Å². The topological polar surface area (TPSA) is 64.6 Å². The second-order valence-electron chi connectivity index (χ2n) is 4.82. The zero-order chi connectivity index (χ0) is 15.4. The Bertz CT molecular complexity index is 546. The second kappa shape index (κ2) is 6.76. The first-order valence-electron chi connectivity index (χ1n) is 6.44. The molecule has 7 heteroatoms. The molecular weight excluding hydrogens is 301 g/mol. The van der Waals surface area contributed by atoms with E-state index in [0.717, 1.165) is 6.07 Å². The van der Waals surface area contributed by atoms with Gasteiger partial charge in [0.2, 0.25) is 0 Å². The van der Waals surface area contributed by atoms with Crippen LogP contribution in [0.4, 0.5) is 4.39 Å². The lowest BCUT2D eigenvalue weighted by molar-refractivity contribution is -0.149. The van der Waals surface area contributed by atoms with Gasteiger partial charge in [-0.05, 0) is 25.0 Å². The van der Waals surface area contributed by atoms with Crippen molar-refractivity contribution in [3.63, 3.8) is 0 Å². The fraction of sp³-hybridized carbons (Fsp3) is 0.429. The Balaban J connectivity index is 1.71. The smallest absolute Gasteiger partial charge is 0.308 e. The van der Waals surface area contributed by atoms with Gasteiger partial charge in [-0.2, -0.15) is 0 Å². The van der Waals surface area contributed by atoms with Crippen LogP contribution < -0.4 is 10.1 Å². The average Bonchev–Trinajstić information content (AvgIpc) is 2.43. The predicted octanol–water partition coefficient (Wildman–Crippen LogP) is 1.93. The highest BCUT2D eigenvalue weighted by molar-refractivity contribution is 6.30. The van der Waals surface area contributed by atoms with E-state index >= 15 is 0 Å². The standard InChI is InChI=1S/C14H15ClFNO4/c1-20-14(19)8-4-9(5-8)17-13(18)7-21-10-2-3-11(15)12(16)6-10/h2-3,6,8-9H,4-5,7H2,1H3,(H,17,18)/t8-,9-. The molecule has 0 bridgehead atoms. The minimum absolute atomic E-state index is 0.00452. The second-order valence-corrected chi connectivity index (χ2v) is 5.23. The van der Waals surface area contributed by atoms with Crippen molar-refractivity contribution in [2.24, 2.45) is 5.92 Å². The quantitative estimate of drug-likeness (QED) is 0.843. The summed E-state index contributed by atoms with van der Waals surface area (Å²) in [6.45, 7) is -0.222. The first-order chi connectivity index (χ1) is 9.99. The Kier molecular flexibility index (Phi) is 5.01. The molecule has 0 spiro atoms. The molecule has 2 rings (SSSR count). The van der Waals surface area contributed by atoms with Gasteiger partial charge in [-0.15, -0.1) is 0 Å². The maximum Gasteiger partial charge on any atom is 0.308 e. The van der Waals surface area contributed by atoms with Crippen LogP contribution in [0, 0.1) is 11.7 Å². The summed E-state index contributed by atoms with van der Waals surface area (Å²) in [6.07, 6.45) is 1.13. The third kappa shape index (κ3) is 4.07. The predicted molar refractivity (Wildman–Crippen MR) is 73.6 cm³/mol. The van der Waals surface area contributed by atoms with E-state index in [0.29, 0.717) is 12.8 Å². The molecule has 0 saturated heterocycles. The molecule has 1 aromatic rings. The van der Waals surface area contributed by atoms with Crippen molar-refractivity contribution in [3.05, 3.63) is 29.0 Å². The van der Waals surface area contributed by atoms with Crippen molar-refractivity contribution in [2.45, 2.75) is 18.9 Å². The number of carbonyl (C=O) groups is 2. The Labute approximate surface area is 126 Å². The highest BCUT2D eigenvalue weighted by Crippen LogP contribution is 2.28. The third-order valence-corrected chi connectivity index (χ3v) is 3.61. The fourth-order valence-electron chi connectivity index (χ4n) is 2.08. The average molecular weight is 316 g/mol. The first-order valence-corrected chi connectivity index (χ1v) is 6.82. The summed E-state index contributed by atoms with van der Waals surface area (Å²) in [5.41, 5.74) is 0. The molecule has 1 N–H and O–H groups in total. The summed E-state index contributed by atoms with van der Waals surface area (Å²) < 4.78 is 23.0. The minimum atomic E-state index is -0.602. The van der Waals surface area contributed by atoms with Gasteiger partial charge in [-0.25, -0.2) is 4.39 Å². The molecule has 1 aliphatic carbocycles. The summed E-state index contributed by atoms with van der Waals surface area (Å²) in [5.74, 6) is -1.10. The van der Waals surface area contributed by atoms with Crippen molar-refractivity contribution < 1.29 is 23.5 Å². The molecule has 1 aliphatic rings. The number of carbonyl (C=O) groups excluding carboxylic acids is 2. The van der Waals surface area contributed by atoms with Crippen LogP contribution in [0.25, 0.3) is 0 Å². The van der Waals surface area contributed by atoms with Gasteiger partial charge < -0.3 is 14.8 Å². The van der Waals surface area contributed by atoms with E-state index in [2.05, 4.69) is 10.1 Å². The maximum atomic E-state index is 13.2. The normalized spacial score (nSPS) is 20.3. The van der Waals surface area contributed by atoms with Crippen LogP contribution in [0.15, 0.2) is 18.2 Å². The first kappa shape index (κ1) is 15.6. The van der Waals surface area contributed by atoms with Gasteiger partial charge >= 0.3 is 5.97 Å². The minimum Gasteiger partial charge on any atom is -0.484 e. The maximum absolute atomic E-state index is 13.2. The molecular formula is C14H15ClFNO4. The molecule has 1 aromatic carbocycles. The number of esters is 1. The Morgan fingerprint density at radius 3 is 2.76 bits per heavy atom. The van der Waals surface area contributed by atoms with E-state index in [1.54, 1.807) is 0 Å². The monoisotopic (exact) mass is 315 g/mol. The molecule has 5 nitrogen and oxygen atoms in total. The number of rotatable bonds is 5. The summed E-state index contributed by atoms with van der Waals surface area (Å²) in [7, 11) is 1.34. The number of amides is 1. The van der Waals surface area contributed by atoms with E-state index < -0.39 is 5.82 Å². The lowest BCUT2D eigenvalue weighted by Gasteiger charge is -2.33. The number of hydrogen-bond donors (Lipinski definition) is 1. The SMILES string of the molecule is COC(=O)[C@H]1C[C@H](NC(=O)COc2ccc(Cl)c(F)c2)C1. The molecule has 0 heterocycles. The van der Waals surface area contributed by atoms with E-state index in [1.165, 1.54) is 19.2 Å². The number of halogens is 2. The van der Waals surface area contributed by atoms with Crippen molar-refractivity contribution in [3.8, 4) is 5.75 Å². The van der Waals surface area contributed by atoms with Gasteiger partial charge in [-0.3, -0.25) is 9.59 Å². The van der Waals surface area contributed by atoms with E-state index in [-0.39, 0.29) is 41.2 Å². The Morgan fingerprint density at radius 2 is 2.14 bits per heavy atom. The molecule has 0 aromatic heterocycles. The number of ether oxygens (including phenoxy) is 2. The van der Waals surface area contributed by atoms with E-state index in [1.807, 2.05) is 0 Å². The summed E-state index contributed by atoms with van der Waals surface area (Å²) in [4.78, 5) is 22.8. The van der Waals surface area contributed by atoms with Crippen LogP contribution in [0.3, 0.4) is 0 Å². The van der Waals surface area contributed by atoms with Gasteiger partial charge in [-0.1, -0.05) is 11.6 Å². The molecule has 1 fully saturated rings. The van der Waals surface area contributed by atoms with Crippen LogP contribution >= 0.6 is 11.6 Å². The highest BCUT2D eigenvalue weighted by atomic mass is 35.5. The zero-order valence-corrected chi connectivity index (χ0v) is 12.2. The van der Waals surface area contributed by atoms with E-state index in [9.17, 15) is 14.0 Å². The lowest BCUT2D eigenvalue weighted by Crippen LogP contribution is -2.48. The largest absolute Gasteiger partial charge is 0.484 e. The third-order valence-electron chi connectivity index (χ3n) is 3.30. The number of benzene rings is 1. The zero-order valence-electron chi connectivity index (χ0n) is 11.4. The van der Waals surface area contributed by atoms with Gasteiger partial charge in [0.1, 0.15) is 11.6 Å². The number of hydrogen-bond acceptors (Lipinski definition) is 4.